The molecule has 0 saturated heterocycles. The highest BCUT2D eigenvalue weighted by atomic mass is 15.3. The van der Waals surface area contributed by atoms with Gasteiger partial charge in [0.05, 0.1) is 12.2 Å². The molecular weight excluding hydrogens is 258 g/mol. The van der Waals surface area contributed by atoms with E-state index in [1.54, 1.807) is 0 Å². The van der Waals surface area contributed by atoms with Gasteiger partial charge in [-0.3, -0.25) is 4.68 Å². The Morgan fingerprint density at radius 3 is 2.14 bits per heavy atom. The molecule has 3 heteroatoms. The van der Waals surface area contributed by atoms with Crippen molar-refractivity contribution < 1.29 is 0 Å². The van der Waals surface area contributed by atoms with Gasteiger partial charge in [-0.25, -0.2) is 0 Å². The molecule has 0 unspecified atom stereocenters. The molecule has 0 aliphatic carbocycles. The molecule has 114 valence electrons. The Morgan fingerprint density at radius 1 is 0.952 bits per heavy atom. The first-order valence-electron chi connectivity index (χ1n) is 8.08. The predicted molar refractivity (Wildman–Crippen MR) is 88.7 cm³/mol. The van der Waals surface area contributed by atoms with Crippen LogP contribution in [-0.4, -0.2) is 16.3 Å². The Balaban J connectivity index is 2.29. The second-order valence-electron chi connectivity index (χ2n) is 5.45. The second kappa shape index (κ2) is 7.41. The molecule has 0 fully saturated rings. The van der Waals surface area contributed by atoms with Gasteiger partial charge in [0.1, 0.15) is 0 Å². The van der Waals surface area contributed by atoms with E-state index in [1.165, 1.54) is 28.1 Å². The Bertz CT molecular complexity index is 567. The maximum Gasteiger partial charge on any atom is 0.0662 e. The highest BCUT2D eigenvalue weighted by Crippen LogP contribution is 2.18. The van der Waals surface area contributed by atoms with Crippen molar-refractivity contribution in [2.75, 3.05) is 6.54 Å². The molecule has 2 N–H and O–H groups in total. The van der Waals surface area contributed by atoms with Crippen LogP contribution in [0.3, 0.4) is 0 Å². The van der Waals surface area contributed by atoms with E-state index in [-0.39, 0.29) is 0 Å². The summed E-state index contributed by atoms with van der Waals surface area (Å²) in [7, 11) is 0. The number of nitrogens with zero attached hydrogens (tertiary/aromatic N) is 2. The Hall–Kier alpha value is -1.61. The van der Waals surface area contributed by atoms with Crippen LogP contribution in [0.5, 0.6) is 0 Å². The normalized spacial score (nSPS) is 11.0. The van der Waals surface area contributed by atoms with Crippen molar-refractivity contribution in [2.24, 2.45) is 5.73 Å². The predicted octanol–water partition coefficient (Wildman–Crippen LogP) is 3.12. The van der Waals surface area contributed by atoms with Crippen LogP contribution in [0, 0.1) is 0 Å². The maximum atomic E-state index is 5.76. The molecule has 0 radical (unpaired) electrons. The summed E-state index contributed by atoms with van der Waals surface area (Å²) in [6, 6.07) is 8.86. The summed E-state index contributed by atoms with van der Waals surface area (Å²) in [5, 5.41) is 4.82. The van der Waals surface area contributed by atoms with E-state index in [0.29, 0.717) is 6.54 Å². The van der Waals surface area contributed by atoms with E-state index in [1.807, 2.05) is 0 Å². The lowest BCUT2D eigenvalue weighted by molar-refractivity contribution is 0.639. The van der Waals surface area contributed by atoms with Gasteiger partial charge in [-0.2, -0.15) is 5.10 Å². The average molecular weight is 285 g/mol. The smallest absolute Gasteiger partial charge is 0.0662 e. The number of rotatable bonds is 7. The number of hydrogen-bond acceptors (Lipinski definition) is 2. The van der Waals surface area contributed by atoms with Crippen molar-refractivity contribution in [2.45, 2.75) is 53.0 Å². The first kappa shape index (κ1) is 15.8. The van der Waals surface area contributed by atoms with Crippen LogP contribution in [0.25, 0.3) is 0 Å². The lowest BCUT2D eigenvalue weighted by atomic mass is 10.1. The van der Waals surface area contributed by atoms with Gasteiger partial charge in [-0.15, -0.1) is 0 Å². The Morgan fingerprint density at radius 2 is 1.62 bits per heavy atom. The van der Waals surface area contributed by atoms with Crippen molar-refractivity contribution in [1.82, 2.24) is 9.78 Å². The SMILES string of the molecule is CCc1ccc(Cn2nc(CC)c(CCN)c2CC)cc1. The van der Waals surface area contributed by atoms with Gasteiger partial charge in [-0.1, -0.05) is 45.0 Å². The van der Waals surface area contributed by atoms with Crippen LogP contribution in [-0.2, 0) is 32.2 Å². The van der Waals surface area contributed by atoms with Crippen molar-refractivity contribution in [3.63, 3.8) is 0 Å². The first-order valence-corrected chi connectivity index (χ1v) is 8.08. The molecular formula is C18H27N3. The molecule has 0 aliphatic heterocycles. The Labute approximate surface area is 128 Å². The molecule has 0 spiro atoms. The zero-order valence-electron chi connectivity index (χ0n) is 13.5. The third kappa shape index (κ3) is 3.53. The molecule has 1 heterocycles. The zero-order valence-corrected chi connectivity index (χ0v) is 13.5. The first-order chi connectivity index (χ1) is 10.2. The van der Waals surface area contributed by atoms with Gasteiger partial charge in [0.15, 0.2) is 0 Å². The summed E-state index contributed by atoms with van der Waals surface area (Å²) in [4.78, 5) is 0. The summed E-state index contributed by atoms with van der Waals surface area (Å²) >= 11 is 0. The minimum atomic E-state index is 0.691. The van der Waals surface area contributed by atoms with E-state index in [9.17, 15) is 0 Å². The van der Waals surface area contributed by atoms with E-state index >= 15 is 0 Å². The summed E-state index contributed by atoms with van der Waals surface area (Å²) < 4.78 is 2.17. The highest BCUT2D eigenvalue weighted by Gasteiger charge is 2.14. The molecule has 21 heavy (non-hydrogen) atoms. The van der Waals surface area contributed by atoms with E-state index in [2.05, 4.69) is 49.7 Å². The maximum absolute atomic E-state index is 5.76. The number of nitrogens with two attached hydrogens (primary N) is 1. The lowest BCUT2D eigenvalue weighted by Crippen LogP contribution is -2.09. The van der Waals surface area contributed by atoms with Crippen LogP contribution < -0.4 is 5.73 Å². The third-order valence-electron chi connectivity index (χ3n) is 4.08. The van der Waals surface area contributed by atoms with Crippen LogP contribution >= 0.6 is 0 Å². The topological polar surface area (TPSA) is 43.8 Å². The summed E-state index contributed by atoms with van der Waals surface area (Å²) in [5.41, 5.74) is 12.4. The van der Waals surface area contributed by atoms with Gasteiger partial charge in [0.2, 0.25) is 0 Å². The molecule has 1 aromatic heterocycles. The minimum Gasteiger partial charge on any atom is -0.330 e. The van der Waals surface area contributed by atoms with Crippen LogP contribution in [0.2, 0.25) is 0 Å². The van der Waals surface area contributed by atoms with Crippen LogP contribution in [0.15, 0.2) is 24.3 Å². The van der Waals surface area contributed by atoms with Gasteiger partial charge in [-0.05, 0) is 48.9 Å². The molecule has 1 aromatic carbocycles. The fourth-order valence-electron chi connectivity index (χ4n) is 2.89. The summed E-state index contributed by atoms with van der Waals surface area (Å²) in [6.07, 6.45) is 4.00. The summed E-state index contributed by atoms with van der Waals surface area (Å²) in [5.74, 6) is 0. The van der Waals surface area contributed by atoms with E-state index < -0.39 is 0 Å². The fraction of sp³-hybridized carbons (Fsp3) is 0.500. The fourth-order valence-corrected chi connectivity index (χ4v) is 2.89. The number of benzene rings is 1. The third-order valence-corrected chi connectivity index (χ3v) is 4.08. The highest BCUT2D eigenvalue weighted by molar-refractivity contribution is 5.29. The molecule has 2 aromatic rings. The lowest BCUT2D eigenvalue weighted by Gasteiger charge is -2.08. The second-order valence-corrected chi connectivity index (χ2v) is 5.45. The average Bonchev–Trinajstić information content (AvgIpc) is 2.85. The van der Waals surface area contributed by atoms with Gasteiger partial charge >= 0.3 is 0 Å². The molecule has 3 nitrogen and oxygen atoms in total. The molecule has 0 atom stereocenters. The largest absolute Gasteiger partial charge is 0.330 e. The molecule has 0 saturated carbocycles. The summed E-state index contributed by atoms with van der Waals surface area (Å²) in [6.45, 7) is 8.10. The van der Waals surface area contributed by atoms with E-state index in [0.717, 1.165) is 32.2 Å². The van der Waals surface area contributed by atoms with E-state index in [4.69, 9.17) is 10.8 Å². The van der Waals surface area contributed by atoms with Crippen LogP contribution in [0.4, 0.5) is 0 Å². The van der Waals surface area contributed by atoms with Gasteiger partial charge < -0.3 is 5.73 Å². The molecule has 0 aliphatic rings. The van der Waals surface area contributed by atoms with Crippen molar-refractivity contribution in [3.05, 3.63) is 52.3 Å². The molecule has 0 amide bonds. The van der Waals surface area contributed by atoms with Crippen molar-refractivity contribution >= 4 is 0 Å². The molecule has 0 bridgehead atoms. The molecule has 2 rings (SSSR count). The van der Waals surface area contributed by atoms with Gasteiger partial charge in [0.25, 0.3) is 0 Å². The number of hydrogen-bond donors (Lipinski definition) is 1. The zero-order chi connectivity index (χ0) is 15.2. The Kier molecular flexibility index (Phi) is 5.57. The van der Waals surface area contributed by atoms with Crippen LogP contribution in [0.1, 0.15) is 48.8 Å². The van der Waals surface area contributed by atoms with Crippen molar-refractivity contribution in [1.29, 1.82) is 0 Å². The standard InChI is InChI=1S/C18H27N3/c1-4-14-7-9-15(10-8-14)13-21-18(6-3)16(11-12-19)17(5-2)20-21/h7-10H,4-6,11-13,19H2,1-3H3. The van der Waals surface area contributed by atoms with Crippen molar-refractivity contribution in [3.8, 4) is 0 Å². The number of aryl methyl sites for hydroxylation is 2. The minimum absolute atomic E-state index is 0.691. The van der Waals surface area contributed by atoms with Gasteiger partial charge in [0, 0.05) is 5.69 Å². The number of aromatic nitrogens is 2. The quantitative estimate of drug-likeness (QED) is 0.849. The monoisotopic (exact) mass is 285 g/mol.